The van der Waals surface area contributed by atoms with E-state index < -0.39 is 0 Å². The fourth-order valence-corrected chi connectivity index (χ4v) is 2.44. The molecule has 0 radical (unpaired) electrons. The van der Waals surface area contributed by atoms with Gasteiger partial charge in [-0.1, -0.05) is 6.92 Å². The second-order valence-corrected chi connectivity index (χ2v) is 5.44. The average Bonchev–Trinajstić information content (AvgIpc) is 2.49. The molecule has 1 N–H and O–H groups in total. The van der Waals surface area contributed by atoms with Gasteiger partial charge in [-0.2, -0.15) is 5.10 Å². The lowest BCUT2D eigenvalue weighted by molar-refractivity contribution is 0.0819. The van der Waals surface area contributed by atoms with E-state index in [9.17, 15) is 4.79 Å². The number of rotatable bonds is 5. The Morgan fingerprint density at radius 1 is 1.50 bits per heavy atom. The molecule has 1 fully saturated rings. The van der Waals surface area contributed by atoms with Crippen LogP contribution in [0.15, 0.2) is 17.1 Å². The normalized spacial score (nSPS) is 18.2. The van der Waals surface area contributed by atoms with Gasteiger partial charge in [0.15, 0.2) is 0 Å². The van der Waals surface area contributed by atoms with Crippen molar-refractivity contribution in [3.05, 3.63) is 22.6 Å². The van der Waals surface area contributed by atoms with E-state index in [-0.39, 0.29) is 18.1 Å². The summed E-state index contributed by atoms with van der Waals surface area (Å²) in [7, 11) is 1.74. The molecule has 0 amide bonds. The fourth-order valence-electron chi connectivity index (χ4n) is 2.44. The van der Waals surface area contributed by atoms with Crippen LogP contribution in [-0.2, 0) is 11.3 Å². The van der Waals surface area contributed by atoms with Gasteiger partial charge in [0.25, 0.3) is 5.56 Å². The second-order valence-electron chi connectivity index (χ2n) is 5.44. The highest BCUT2D eigenvalue weighted by atomic mass is 16.5. The van der Waals surface area contributed by atoms with Crippen molar-refractivity contribution >= 4 is 5.69 Å². The monoisotopic (exact) mass is 281 g/mol. The summed E-state index contributed by atoms with van der Waals surface area (Å²) in [5, 5.41) is 13.2. The highest BCUT2D eigenvalue weighted by molar-refractivity contribution is 5.43. The fraction of sp³-hybridized carbons (Fsp3) is 0.714. The van der Waals surface area contributed by atoms with Crippen molar-refractivity contribution in [3.63, 3.8) is 0 Å². The minimum Gasteiger partial charge on any atom is -0.396 e. The Bertz CT molecular complexity index is 481. The van der Waals surface area contributed by atoms with Crippen molar-refractivity contribution in [1.29, 1.82) is 0 Å². The zero-order chi connectivity index (χ0) is 14.5. The van der Waals surface area contributed by atoms with E-state index in [1.807, 2.05) is 6.92 Å². The molecule has 6 nitrogen and oxygen atoms in total. The van der Waals surface area contributed by atoms with Gasteiger partial charge in [0.2, 0.25) is 0 Å². The Morgan fingerprint density at radius 3 is 2.75 bits per heavy atom. The van der Waals surface area contributed by atoms with Gasteiger partial charge in [0, 0.05) is 39.4 Å². The van der Waals surface area contributed by atoms with Crippen molar-refractivity contribution in [2.75, 3.05) is 31.7 Å². The molecule has 1 unspecified atom stereocenters. The number of aliphatic hydroxyl groups excluding tert-OH is 1. The summed E-state index contributed by atoms with van der Waals surface area (Å²) in [5.74, 6) is 0.0310. The minimum absolute atomic E-state index is 0.0310. The highest BCUT2D eigenvalue weighted by Gasteiger charge is 2.19. The van der Waals surface area contributed by atoms with Gasteiger partial charge < -0.3 is 14.7 Å². The van der Waals surface area contributed by atoms with Crippen molar-refractivity contribution in [3.8, 4) is 0 Å². The van der Waals surface area contributed by atoms with E-state index in [0.29, 0.717) is 12.6 Å². The molecule has 0 aromatic carbocycles. The predicted octanol–water partition coefficient (Wildman–Crippen LogP) is 0.487. The van der Waals surface area contributed by atoms with Crippen LogP contribution in [0.5, 0.6) is 0 Å². The number of aromatic nitrogens is 2. The first-order valence-electron chi connectivity index (χ1n) is 7.09. The van der Waals surface area contributed by atoms with Crippen LogP contribution in [0.4, 0.5) is 5.69 Å². The lowest BCUT2D eigenvalue weighted by Crippen LogP contribution is -2.38. The van der Waals surface area contributed by atoms with Crippen molar-refractivity contribution in [2.45, 2.75) is 32.4 Å². The molecule has 0 spiro atoms. The molecule has 6 heteroatoms. The van der Waals surface area contributed by atoms with Crippen LogP contribution in [0.1, 0.15) is 19.8 Å². The van der Waals surface area contributed by atoms with Gasteiger partial charge in [0.05, 0.1) is 18.0 Å². The first-order valence-corrected chi connectivity index (χ1v) is 7.09. The molecule has 0 saturated carbocycles. The molecule has 1 aromatic rings. The number of anilines is 1. The van der Waals surface area contributed by atoms with Crippen LogP contribution in [0.3, 0.4) is 0 Å². The third-order valence-corrected chi connectivity index (χ3v) is 3.79. The van der Waals surface area contributed by atoms with Gasteiger partial charge in [-0.25, -0.2) is 4.68 Å². The maximum absolute atomic E-state index is 12.0. The molecule has 0 bridgehead atoms. The second kappa shape index (κ2) is 6.85. The Kier molecular flexibility index (Phi) is 5.14. The van der Waals surface area contributed by atoms with E-state index in [0.717, 1.165) is 31.6 Å². The van der Waals surface area contributed by atoms with Crippen LogP contribution in [0.25, 0.3) is 0 Å². The first-order chi connectivity index (χ1) is 9.63. The maximum atomic E-state index is 12.0. The van der Waals surface area contributed by atoms with E-state index in [2.05, 4.69) is 10.00 Å². The summed E-state index contributed by atoms with van der Waals surface area (Å²) < 4.78 is 6.75. The van der Waals surface area contributed by atoms with E-state index in [1.54, 1.807) is 19.4 Å². The molecule has 1 aliphatic rings. The van der Waals surface area contributed by atoms with E-state index in [1.165, 1.54) is 4.68 Å². The Morgan fingerprint density at radius 2 is 2.20 bits per heavy atom. The molecule has 2 rings (SSSR count). The lowest BCUT2D eigenvalue weighted by atomic mass is 10.1. The standard InChI is InChI=1S/C14H23N3O3/c1-11(10-18)9-17-14(19)7-12(8-15-17)16-5-3-13(20-2)4-6-16/h7-8,11,13,18H,3-6,9-10H2,1-2H3. The van der Waals surface area contributed by atoms with Gasteiger partial charge >= 0.3 is 0 Å². The summed E-state index contributed by atoms with van der Waals surface area (Å²) in [6.07, 6.45) is 4.01. The SMILES string of the molecule is COC1CCN(c2cnn(CC(C)CO)c(=O)c2)CC1. The quantitative estimate of drug-likeness (QED) is 0.850. The predicted molar refractivity (Wildman–Crippen MR) is 77.0 cm³/mol. The van der Waals surface area contributed by atoms with Gasteiger partial charge in [-0.05, 0) is 18.8 Å². The topological polar surface area (TPSA) is 67.6 Å². The van der Waals surface area contributed by atoms with Crippen LogP contribution in [-0.4, -0.2) is 47.8 Å². The summed E-state index contributed by atoms with van der Waals surface area (Å²) in [5.41, 5.74) is 0.758. The summed E-state index contributed by atoms with van der Waals surface area (Å²) in [6, 6.07) is 1.63. The largest absolute Gasteiger partial charge is 0.396 e. The highest BCUT2D eigenvalue weighted by Crippen LogP contribution is 2.18. The average molecular weight is 281 g/mol. The van der Waals surface area contributed by atoms with Crippen molar-refractivity contribution in [2.24, 2.45) is 5.92 Å². The molecular formula is C14H23N3O3. The molecule has 1 atom stereocenters. The Labute approximate surface area is 119 Å². The molecule has 1 aromatic heterocycles. The van der Waals surface area contributed by atoms with Crippen LogP contribution in [0.2, 0.25) is 0 Å². The molecule has 1 aliphatic heterocycles. The summed E-state index contributed by atoms with van der Waals surface area (Å²) >= 11 is 0. The summed E-state index contributed by atoms with van der Waals surface area (Å²) in [6.45, 7) is 4.16. The molecule has 20 heavy (non-hydrogen) atoms. The third kappa shape index (κ3) is 3.58. The molecular weight excluding hydrogens is 258 g/mol. The number of nitrogens with zero attached hydrogens (tertiary/aromatic N) is 3. The number of hydrogen-bond acceptors (Lipinski definition) is 5. The smallest absolute Gasteiger partial charge is 0.268 e. The number of piperidine rings is 1. The molecule has 1 saturated heterocycles. The molecule has 2 heterocycles. The maximum Gasteiger partial charge on any atom is 0.268 e. The van der Waals surface area contributed by atoms with Gasteiger partial charge in [-0.3, -0.25) is 4.79 Å². The molecule has 112 valence electrons. The van der Waals surface area contributed by atoms with Crippen LogP contribution < -0.4 is 10.5 Å². The van der Waals surface area contributed by atoms with Crippen LogP contribution >= 0.6 is 0 Å². The van der Waals surface area contributed by atoms with E-state index in [4.69, 9.17) is 9.84 Å². The molecule has 0 aliphatic carbocycles. The Balaban J connectivity index is 2.04. The zero-order valence-corrected chi connectivity index (χ0v) is 12.2. The number of ether oxygens (including phenoxy) is 1. The minimum atomic E-state index is -0.114. The zero-order valence-electron chi connectivity index (χ0n) is 12.2. The lowest BCUT2D eigenvalue weighted by Gasteiger charge is -2.32. The number of aliphatic hydroxyl groups is 1. The van der Waals surface area contributed by atoms with Gasteiger partial charge in [0.1, 0.15) is 0 Å². The van der Waals surface area contributed by atoms with Crippen LogP contribution in [0, 0.1) is 5.92 Å². The third-order valence-electron chi connectivity index (χ3n) is 3.79. The van der Waals surface area contributed by atoms with Gasteiger partial charge in [-0.15, -0.1) is 0 Å². The summed E-state index contributed by atoms with van der Waals surface area (Å²) in [4.78, 5) is 14.2. The Hall–Kier alpha value is -1.40. The number of hydrogen-bond donors (Lipinski definition) is 1. The van der Waals surface area contributed by atoms with Crippen molar-refractivity contribution in [1.82, 2.24) is 9.78 Å². The van der Waals surface area contributed by atoms with E-state index >= 15 is 0 Å². The first kappa shape index (κ1) is 15.0. The van der Waals surface area contributed by atoms with Crippen molar-refractivity contribution < 1.29 is 9.84 Å². The number of methoxy groups -OCH3 is 1.